The van der Waals surface area contributed by atoms with E-state index < -0.39 is 22.0 Å². The molecule has 1 N–H and O–H groups in total. The first-order chi connectivity index (χ1) is 10.2. The summed E-state index contributed by atoms with van der Waals surface area (Å²) in [4.78, 5) is 11.8. The number of esters is 1. The van der Waals surface area contributed by atoms with Gasteiger partial charge >= 0.3 is 5.97 Å². The lowest BCUT2D eigenvalue weighted by Gasteiger charge is -2.21. The molecule has 0 amide bonds. The fourth-order valence-corrected chi connectivity index (χ4v) is 3.54. The molecule has 0 aromatic heterocycles. The van der Waals surface area contributed by atoms with Gasteiger partial charge in [0.1, 0.15) is 16.7 Å². The first-order valence-corrected chi connectivity index (χ1v) is 8.61. The van der Waals surface area contributed by atoms with Gasteiger partial charge in [-0.3, -0.25) is 4.79 Å². The van der Waals surface area contributed by atoms with Crippen LogP contribution in [0.1, 0.15) is 20.8 Å². The second-order valence-electron chi connectivity index (χ2n) is 4.89. The maximum Gasteiger partial charge on any atom is 0.324 e. The van der Waals surface area contributed by atoms with Crippen LogP contribution < -0.4 is 9.46 Å². The number of benzene rings is 1. The van der Waals surface area contributed by atoms with Crippen molar-refractivity contribution in [2.45, 2.75) is 31.7 Å². The molecule has 0 heterocycles. The Balaban J connectivity index is 3.18. The van der Waals surface area contributed by atoms with Crippen molar-refractivity contribution in [3.63, 3.8) is 0 Å². The number of methoxy groups -OCH3 is 1. The van der Waals surface area contributed by atoms with Crippen molar-refractivity contribution in [2.24, 2.45) is 5.92 Å². The minimum atomic E-state index is -3.99. The molecule has 1 unspecified atom stereocenters. The normalized spacial score (nSPS) is 13.0. The zero-order chi connectivity index (χ0) is 16.9. The number of hydrogen-bond acceptors (Lipinski definition) is 5. The highest BCUT2D eigenvalue weighted by molar-refractivity contribution is 7.89. The molecule has 124 valence electrons. The van der Waals surface area contributed by atoms with Crippen LogP contribution in [0.15, 0.2) is 23.1 Å². The number of hydrogen-bond donors (Lipinski definition) is 1. The Hall–Kier alpha value is -1.31. The van der Waals surface area contributed by atoms with E-state index in [0.29, 0.717) is 0 Å². The molecule has 0 spiro atoms. The lowest BCUT2D eigenvalue weighted by atomic mass is 10.1. The Kier molecular flexibility index (Phi) is 6.65. The number of carbonyl (C=O) groups excluding carboxylic acids is 1. The highest BCUT2D eigenvalue weighted by Crippen LogP contribution is 2.27. The minimum absolute atomic E-state index is 0.127. The average molecular weight is 350 g/mol. The van der Waals surface area contributed by atoms with Gasteiger partial charge in [0, 0.05) is 5.02 Å². The Bertz CT molecular complexity index is 630. The van der Waals surface area contributed by atoms with E-state index >= 15 is 0 Å². The summed E-state index contributed by atoms with van der Waals surface area (Å²) in [6.45, 7) is 5.27. The van der Waals surface area contributed by atoms with Crippen molar-refractivity contribution >= 4 is 27.6 Å². The summed E-state index contributed by atoms with van der Waals surface area (Å²) in [6.07, 6.45) is 0. The zero-order valence-corrected chi connectivity index (χ0v) is 14.5. The largest absolute Gasteiger partial charge is 0.495 e. The predicted octanol–water partition coefficient (Wildman–Crippen LogP) is 2.21. The third-order valence-corrected chi connectivity index (χ3v) is 4.60. The fraction of sp³-hybridized carbons (Fsp3) is 0.500. The number of halogens is 1. The summed E-state index contributed by atoms with van der Waals surface area (Å²) in [5.74, 6) is -0.760. The molecule has 1 aromatic carbocycles. The molecule has 6 nitrogen and oxygen atoms in total. The predicted molar refractivity (Wildman–Crippen MR) is 83.6 cm³/mol. The van der Waals surface area contributed by atoms with Crippen LogP contribution in [0.2, 0.25) is 5.02 Å². The van der Waals surface area contributed by atoms with E-state index in [1.54, 1.807) is 20.8 Å². The number of ether oxygens (including phenoxy) is 2. The molecule has 0 radical (unpaired) electrons. The van der Waals surface area contributed by atoms with Crippen LogP contribution in [0.4, 0.5) is 0 Å². The third kappa shape index (κ3) is 4.59. The number of nitrogens with one attached hydrogen (secondary N) is 1. The van der Waals surface area contributed by atoms with Crippen LogP contribution in [-0.2, 0) is 19.6 Å². The molecule has 1 atom stereocenters. The first-order valence-electron chi connectivity index (χ1n) is 6.75. The van der Waals surface area contributed by atoms with Gasteiger partial charge in [0.15, 0.2) is 0 Å². The van der Waals surface area contributed by atoms with Crippen molar-refractivity contribution in [3.05, 3.63) is 23.2 Å². The molecule has 0 bridgehead atoms. The monoisotopic (exact) mass is 349 g/mol. The Morgan fingerprint density at radius 2 is 2.00 bits per heavy atom. The molecule has 1 rings (SSSR count). The molecular formula is C14H20ClNO5S. The second kappa shape index (κ2) is 7.80. The maximum atomic E-state index is 12.5. The molecule has 0 aliphatic carbocycles. The van der Waals surface area contributed by atoms with Crippen molar-refractivity contribution in [2.75, 3.05) is 13.7 Å². The lowest BCUT2D eigenvalue weighted by molar-refractivity contribution is -0.146. The highest BCUT2D eigenvalue weighted by Gasteiger charge is 2.31. The van der Waals surface area contributed by atoms with Gasteiger partial charge in [0.25, 0.3) is 0 Å². The van der Waals surface area contributed by atoms with Gasteiger partial charge in [0.2, 0.25) is 10.0 Å². The maximum absolute atomic E-state index is 12.5. The molecule has 0 aliphatic rings. The number of sulfonamides is 1. The SMILES string of the molecule is CCOC(=O)C(NS(=O)(=O)c1cc(Cl)ccc1OC)C(C)C. The molecule has 1 aromatic rings. The summed E-state index contributed by atoms with van der Waals surface area (Å²) in [5, 5.41) is 0.249. The minimum Gasteiger partial charge on any atom is -0.495 e. The standard InChI is InChI=1S/C14H20ClNO5S/c1-5-21-14(17)13(9(2)3)16-22(18,19)12-8-10(15)6-7-11(12)20-4/h6-9,13,16H,5H2,1-4H3. The average Bonchev–Trinajstić information content (AvgIpc) is 2.44. The van der Waals surface area contributed by atoms with Crippen LogP contribution in [0, 0.1) is 5.92 Å². The molecule has 0 fully saturated rings. The Morgan fingerprint density at radius 1 is 1.36 bits per heavy atom. The van der Waals surface area contributed by atoms with Gasteiger partial charge in [0.05, 0.1) is 13.7 Å². The van der Waals surface area contributed by atoms with E-state index in [4.69, 9.17) is 21.1 Å². The van der Waals surface area contributed by atoms with Gasteiger partial charge in [-0.15, -0.1) is 0 Å². The molecule has 0 saturated heterocycles. The van der Waals surface area contributed by atoms with Crippen LogP contribution >= 0.6 is 11.6 Å². The summed E-state index contributed by atoms with van der Waals surface area (Å²) in [7, 11) is -2.64. The van der Waals surface area contributed by atoms with Crippen LogP contribution in [-0.4, -0.2) is 34.1 Å². The second-order valence-corrected chi connectivity index (χ2v) is 7.01. The van der Waals surface area contributed by atoms with E-state index in [0.717, 1.165) is 0 Å². The van der Waals surface area contributed by atoms with Crippen molar-refractivity contribution in [1.82, 2.24) is 4.72 Å². The van der Waals surface area contributed by atoms with Crippen molar-refractivity contribution in [1.29, 1.82) is 0 Å². The Morgan fingerprint density at radius 3 is 2.50 bits per heavy atom. The van der Waals surface area contributed by atoms with Crippen molar-refractivity contribution < 1.29 is 22.7 Å². The quantitative estimate of drug-likeness (QED) is 0.763. The van der Waals surface area contributed by atoms with E-state index in [1.165, 1.54) is 25.3 Å². The van der Waals surface area contributed by atoms with Gasteiger partial charge in [-0.1, -0.05) is 25.4 Å². The fourth-order valence-electron chi connectivity index (χ4n) is 1.78. The molecule has 22 heavy (non-hydrogen) atoms. The third-order valence-electron chi connectivity index (χ3n) is 2.90. The number of rotatable bonds is 7. The van der Waals surface area contributed by atoms with Gasteiger partial charge in [-0.05, 0) is 31.0 Å². The topological polar surface area (TPSA) is 81.7 Å². The van der Waals surface area contributed by atoms with Crippen molar-refractivity contribution in [3.8, 4) is 5.75 Å². The van der Waals surface area contributed by atoms with Gasteiger partial charge < -0.3 is 9.47 Å². The Labute approximate surface area is 135 Å². The summed E-state index contributed by atoms with van der Waals surface area (Å²) in [6, 6.07) is 3.25. The summed E-state index contributed by atoms with van der Waals surface area (Å²) in [5.41, 5.74) is 0. The molecule has 8 heteroatoms. The van der Waals surface area contributed by atoms with Crippen LogP contribution in [0.5, 0.6) is 5.75 Å². The lowest BCUT2D eigenvalue weighted by Crippen LogP contribution is -2.45. The van der Waals surface area contributed by atoms with E-state index in [1.807, 2.05) is 0 Å². The summed E-state index contributed by atoms with van der Waals surface area (Å²) >= 11 is 5.85. The first kappa shape index (κ1) is 18.7. The highest BCUT2D eigenvalue weighted by atomic mass is 35.5. The van der Waals surface area contributed by atoms with Crippen LogP contribution in [0.3, 0.4) is 0 Å². The van der Waals surface area contributed by atoms with E-state index in [9.17, 15) is 13.2 Å². The number of carbonyl (C=O) groups is 1. The van der Waals surface area contributed by atoms with E-state index in [2.05, 4.69) is 4.72 Å². The van der Waals surface area contributed by atoms with E-state index in [-0.39, 0.29) is 28.2 Å². The summed E-state index contributed by atoms with van der Waals surface area (Å²) < 4.78 is 37.4. The molecule has 0 saturated carbocycles. The molecular weight excluding hydrogens is 330 g/mol. The zero-order valence-electron chi connectivity index (χ0n) is 12.9. The molecule has 0 aliphatic heterocycles. The van der Waals surface area contributed by atoms with Gasteiger partial charge in [-0.25, -0.2) is 8.42 Å². The van der Waals surface area contributed by atoms with Crippen LogP contribution in [0.25, 0.3) is 0 Å². The smallest absolute Gasteiger partial charge is 0.324 e. The van der Waals surface area contributed by atoms with Gasteiger partial charge in [-0.2, -0.15) is 4.72 Å².